The van der Waals surface area contributed by atoms with Crippen molar-refractivity contribution >= 4 is 21.6 Å². The largest absolute Gasteiger partial charge is 0.493 e. The van der Waals surface area contributed by atoms with E-state index in [9.17, 15) is 13.2 Å². The molecule has 1 N–H and O–H groups in total. The zero-order valence-electron chi connectivity index (χ0n) is 13.5. The summed E-state index contributed by atoms with van der Waals surface area (Å²) < 4.78 is 36.7. The minimum atomic E-state index is -3.34. The molecule has 7 nitrogen and oxygen atoms in total. The standard InChI is InChI=1S/C15H22N2O5S/c1-4-7-23(19,20)16-11-8-15(18)17(10-11)12-5-6-13(21-2)14(9-12)22-3/h5-6,9,11,16H,4,7-8,10H2,1-3H3/t11-/m0/s1. The second-order valence-electron chi connectivity index (χ2n) is 5.38. The lowest BCUT2D eigenvalue weighted by Gasteiger charge is -2.19. The smallest absolute Gasteiger partial charge is 0.228 e. The highest BCUT2D eigenvalue weighted by molar-refractivity contribution is 7.89. The van der Waals surface area contributed by atoms with E-state index in [-0.39, 0.29) is 18.1 Å². The number of benzene rings is 1. The number of rotatable bonds is 7. The number of methoxy groups -OCH3 is 2. The maximum Gasteiger partial charge on any atom is 0.228 e. The van der Waals surface area contributed by atoms with Crippen LogP contribution >= 0.6 is 0 Å². The van der Waals surface area contributed by atoms with Gasteiger partial charge in [0.25, 0.3) is 0 Å². The second kappa shape index (κ2) is 7.18. The van der Waals surface area contributed by atoms with Crippen molar-refractivity contribution in [2.75, 3.05) is 31.4 Å². The number of nitrogens with one attached hydrogen (secondary N) is 1. The molecule has 0 aliphatic carbocycles. The molecule has 0 radical (unpaired) electrons. The molecule has 1 aromatic carbocycles. The van der Waals surface area contributed by atoms with E-state index in [0.717, 1.165) is 0 Å². The van der Waals surface area contributed by atoms with Crippen molar-refractivity contribution < 1.29 is 22.7 Å². The Morgan fingerprint density at radius 1 is 1.26 bits per heavy atom. The van der Waals surface area contributed by atoms with Gasteiger partial charge in [-0.2, -0.15) is 0 Å². The Morgan fingerprint density at radius 3 is 2.57 bits per heavy atom. The summed E-state index contributed by atoms with van der Waals surface area (Å²) >= 11 is 0. The van der Waals surface area contributed by atoms with Crippen LogP contribution in [0.4, 0.5) is 5.69 Å². The van der Waals surface area contributed by atoms with Crippen molar-refractivity contribution in [2.24, 2.45) is 0 Å². The minimum Gasteiger partial charge on any atom is -0.493 e. The maximum atomic E-state index is 12.2. The summed E-state index contributed by atoms with van der Waals surface area (Å²) in [5.41, 5.74) is 0.657. The Balaban J connectivity index is 2.14. The van der Waals surface area contributed by atoms with E-state index in [1.54, 1.807) is 30.0 Å². The molecular formula is C15H22N2O5S. The molecule has 1 atom stereocenters. The van der Waals surface area contributed by atoms with E-state index in [2.05, 4.69) is 4.72 Å². The van der Waals surface area contributed by atoms with E-state index < -0.39 is 16.1 Å². The van der Waals surface area contributed by atoms with Crippen molar-refractivity contribution in [3.63, 3.8) is 0 Å². The number of amides is 1. The first-order valence-electron chi connectivity index (χ1n) is 7.42. The number of ether oxygens (including phenoxy) is 2. The Labute approximate surface area is 136 Å². The first kappa shape index (κ1) is 17.6. The highest BCUT2D eigenvalue weighted by Crippen LogP contribution is 2.33. The third-order valence-corrected chi connectivity index (χ3v) is 5.26. The lowest BCUT2D eigenvalue weighted by molar-refractivity contribution is -0.117. The predicted octanol–water partition coefficient (Wildman–Crippen LogP) is 1.14. The molecule has 1 aliphatic rings. The summed E-state index contributed by atoms with van der Waals surface area (Å²) in [4.78, 5) is 13.8. The molecule has 1 heterocycles. The van der Waals surface area contributed by atoms with Gasteiger partial charge in [0.05, 0.1) is 20.0 Å². The summed E-state index contributed by atoms with van der Waals surface area (Å²) in [6.07, 6.45) is 0.687. The van der Waals surface area contributed by atoms with E-state index in [0.29, 0.717) is 30.2 Å². The van der Waals surface area contributed by atoms with Crippen LogP contribution in [0.25, 0.3) is 0 Å². The molecule has 0 unspecified atom stereocenters. The zero-order chi connectivity index (χ0) is 17.0. The molecule has 1 fully saturated rings. The van der Waals surface area contributed by atoms with Gasteiger partial charge in [0.1, 0.15) is 0 Å². The third kappa shape index (κ3) is 4.14. The summed E-state index contributed by atoms with van der Waals surface area (Å²) in [5, 5.41) is 0. The van der Waals surface area contributed by atoms with Crippen LogP contribution < -0.4 is 19.1 Å². The van der Waals surface area contributed by atoms with Crippen molar-refractivity contribution in [2.45, 2.75) is 25.8 Å². The molecule has 1 amide bonds. The van der Waals surface area contributed by atoms with Crippen LogP contribution in [-0.2, 0) is 14.8 Å². The Kier molecular flexibility index (Phi) is 5.48. The van der Waals surface area contributed by atoms with E-state index in [1.807, 2.05) is 0 Å². The average molecular weight is 342 g/mol. The van der Waals surface area contributed by atoms with Gasteiger partial charge in [0.2, 0.25) is 15.9 Å². The molecule has 1 aromatic rings. The highest BCUT2D eigenvalue weighted by Gasteiger charge is 2.33. The summed E-state index contributed by atoms with van der Waals surface area (Å²) in [5.74, 6) is 1.03. The molecule has 0 bridgehead atoms. The summed E-state index contributed by atoms with van der Waals surface area (Å²) in [6, 6.07) is 4.77. The number of sulfonamides is 1. The Bertz CT molecular complexity index is 674. The molecule has 0 saturated carbocycles. The number of carbonyl (C=O) groups excluding carboxylic acids is 1. The second-order valence-corrected chi connectivity index (χ2v) is 7.25. The van der Waals surface area contributed by atoms with Crippen molar-refractivity contribution in [1.82, 2.24) is 4.72 Å². The van der Waals surface area contributed by atoms with Gasteiger partial charge >= 0.3 is 0 Å². The van der Waals surface area contributed by atoms with Crippen LogP contribution in [0.2, 0.25) is 0 Å². The van der Waals surface area contributed by atoms with Gasteiger partial charge in [-0.3, -0.25) is 4.79 Å². The number of anilines is 1. The monoisotopic (exact) mass is 342 g/mol. The van der Waals surface area contributed by atoms with Gasteiger partial charge in [-0.1, -0.05) is 6.92 Å². The molecule has 128 valence electrons. The fourth-order valence-electron chi connectivity index (χ4n) is 2.61. The number of nitrogens with zero attached hydrogens (tertiary/aromatic N) is 1. The fraction of sp³-hybridized carbons (Fsp3) is 0.533. The van der Waals surface area contributed by atoms with Gasteiger partial charge in [-0.25, -0.2) is 13.1 Å². The van der Waals surface area contributed by atoms with Crippen molar-refractivity contribution in [3.05, 3.63) is 18.2 Å². The van der Waals surface area contributed by atoms with Crippen LogP contribution in [0.3, 0.4) is 0 Å². The normalized spacial score (nSPS) is 18.3. The first-order valence-corrected chi connectivity index (χ1v) is 9.07. The molecule has 2 rings (SSSR count). The molecule has 23 heavy (non-hydrogen) atoms. The first-order chi connectivity index (χ1) is 10.9. The van der Waals surface area contributed by atoms with Crippen molar-refractivity contribution in [3.8, 4) is 11.5 Å². The van der Waals surface area contributed by atoms with E-state index >= 15 is 0 Å². The lowest BCUT2D eigenvalue weighted by Crippen LogP contribution is -2.38. The highest BCUT2D eigenvalue weighted by atomic mass is 32.2. The zero-order valence-corrected chi connectivity index (χ0v) is 14.4. The predicted molar refractivity (Wildman–Crippen MR) is 87.5 cm³/mol. The number of carbonyl (C=O) groups is 1. The molecule has 0 aromatic heterocycles. The van der Waals surface area contributed by atoms with Crippen LogP contribution in [0.15, 0.2) is 18.2 Å². The maximum absolute atomic E-state index is 12.2. The van der Waals surface area contributed by atoms with Gasteiger partial charge in [0.15, 0.2) is 11.5 Å². The van der Waals surface area contributed by atoms with Gasteiger partial charge < -0.3 is 14.4 Å². The van der Waals surface area contributed by atoms with Crippen LogP contribution in [-0.4, -0.2) is 46.9 Å². The Morgan fingerprint density at radius 2 is 1.96 bits per heavy atom. The summed E-state index contributed by atoms with van der Waals surface area (Å²) in [6.45, 7) is 2.10. The number of hydrogen-bond donors (Lipinski definition) is 1. The average Bonchev–Trinajstić information content (AvgIpc) is 2.86. The quantitative estimate of drug-likeness (QED) is 0.803. The van der Waals surface area contributed by atoms with Crippen molar-refractivity contribution in [1.29, 1.82) is 0 Å². The van der Waals surface area contributed by atoms with Gasteiger partial charge in [0, 0.05) is 30.8 Å². The molecule has 0 spiro atoms. The van der Waals surface area contributed by atoms with E-state index in [1.165, 1.54) is 14.2 Å². The molecule has 8 heteroatoms. The third-order valence-electron chi connectivity index (χ3n) is 3.62. The Hall–Kier alpha value is -1.80. The van der Waals surface area contributed by atoms with Crippen LogP contribution in [0.1, 0.15) is 19.8 Å². The van der Waals surface area contributed by atoms with Gasteiger partial charge in [-0.05, 0) is 18.6 Å². The topological polar surface area (TPSA) is 84.9 Å². The molecular weight excluding hydrogens is 320 g/mol. The SMILES string of the molecule is CCCS(=O)(=O)N[C@H]1CC(=O)N(c2ccc(OC)c(OC)c2)C1. The van der Waals surface area contributed by atoms with E-state index in [4.69, 9.17) is 9.47 Å². The lowest BCUT2D eigenvalue weighted by atomic mass is 10.2. The number of hydrogen-bond acceptors (Lipinski definition) is 5. The fourth-order valence-corrected chi connectivity index (χ4v) is 3.93. The van der Waals surface area contributed by atoms with Gasteiger partial charge in [-0.15, -0.1) is 0 Å². The molecule has 1 aliphatic heterocycles. The van der Waals surface area contributed by atoms with Crippen LogP contribution in [0, 0.1) is 0 Å². The minimum absolute atomic E-state index is 0.0635. The molecule has 1 saturated heterocycles. The summed E-state index contributed by atoms with van der Waals surface area (Å²) in [7, 11) is -0.279. The van der Waals surface area contributed by atoms with Crippen LogP contribution in [0.5, 0.6) is 11.5 Å².